The van der Waals surface area contributed by atoms with Gasteiger partial charge >= 0.3 is 0 Å². The van der Waals surface area contributed by atoms with Gasteiger partial charge in [-0.3, -0.25) is 4.90 Å². The van der Waals surface area contributed by atoms with Crippen molar-refractivity contribution in [3.8, 4) is 0 Å². The second-order valence-electron chi connectivity index (χ2n) is 7.13. The van der Waals surface area contributed by atoms with E-state index in [2.05, 4.69) is 31.0 Å². The number of nitrogens with zero attached hydrogens (tertiary/aromatic N) is 1. The van der Waals surface area contributed by atoms with Gasteiger partial charge in [0.15, 0.2) is 9.84 Å². The Morgan fingerprint density at radius 1 is 1.21 bits per heavy atom. The molecular weight excluding hydrogens is 260 g/mol. The second-order valence-corrected chi connectivity index (χ2v) is 9.36. The van der Waals surface area contributed by atoms with Crippen molar-refractivity contribution in [3.63, 3.8) is 0 Å². The third-order valence-electron chi connectivity index (χ3n) is 4.43. The van der Waals surface area contributed by atoms with Crippen molar-refractivity contribution in [1.82, 2.24) is 10.2 Å². The maximum absolute atomic E-state index is 11.8. The summed E-state index contributed by atoms with van der Waals surface area (Å²) in [4.78, 5) is 2.42. The van der Waals surface area contributed by atoms with Crippen molar-refractivity contribution in [3.05, 3.63) is 0 Å². The third kappa shape index (κ3) is 4.17. The summed E-state index contributed by atoms with van der Waals surface area (Å²) >= 11 is 0. The predicted octanol–water partition coefficient (Wildman–Crippen LogP) is 1.27. The lowest BCUT2D eigenvalue weighted by atomic mass is 9.86. The molecule has 0 bridgehead atoms. The van der Waals surface area contributed by atoms with Crippen molar-refractivity contribution in [2.75, 3.05) is 31.1 Å². The van der Waals surface area contributed by atoms with E-state index in [1.165, 1.54) is 0 Å². The van der Waals surface area contributed by atoms with Gasteiger partial charge in [-0.15, -0.1) is 0 Å². The fourth-order valence-corrected chi connectivity index (χ4v) is 4.88. The van der Waals surface area contributed by atoms with E-state index in [-0.39, 0.29) is 11.5 Å². The molecule has 0 aromatic rings. The lowest BCUT2D eigenvalue weighted by Gasteiger charge is -2.38. The van der Waals surface area contributed by atoms with Crippen LogP contribution in [0.2, 0.25) is 0 Å². The molecule has 0 aromatic carbocycles. The molecule has 4 nitrogen and oxygen atoms in total. The lowest BCUT2D eigenvalue weighted by molar-refractivity contribution is 0.155. The van der Waals surface area contributed by atoms with E-state index < -0.39 is 9.84 Å². The van der Waals surface area contributed by atoms with Gasteiger partial charge in [0, 0.05) is 18.6 Å². The molecule has 2 aliphatic rings. The highest BCUT2D eigenvalue weighted by Gasteiger charge is 2.34. The molecular formula is C14H28N2O2S. The molecule has 1 N–H and O–H groups in total. The van der Waals surface area contributed by atoms with Gasteiger partial charge < -0.3 is 5.32 Å². The third-order valence-corrected chi connectivity index (χ3v) is 6.23. The summed E-state index contributed by atoms with van der Waals surface area (Å²) in [6, 6.07) is 0.683. The summed E-state index contributed by atoms with van der Waals surface area (Å²) < 4.78 is 23.7. The summed E-state index contributed by atoms with van der Waals surface area (Å²) in [5.74, 6) is 0.752. The van der Waals surface area contributed by atoms with E-state index >= 15 is 0 Å². The van der Waals surface area contributed by atoms with Crippen molar-refractivity contribution in [2.24, 2.45) is 5.41 Å². The number of sulfone groups is 1. The molecule has 0 aromatic heterocycles. The maximum Gasteiger partial charge on any atom is 0.151 e. The zero-order valence-electron chi connectivity index (χ0n) is 12.5. The van der Waals surface area contributed by atoms with Gasteiger partial charge in [-0.2, -0.15) is 0 Å². The van der Waals surface area contributed by atoms with Crippen LogP contribution in [0.5, 0.6) is 0 Å². The van der Waals surface area contributed by atoms with Crippen molar-refractivity contribution in [1.29, 1.82) is 0 Å². The van der Waals surface area contributed by atoms with Crippen molar-refractivity contribution in [2.45, 2.75) is 52.1 Å². The number of hydrogen-bond acceptors (Lipinski definition) is 4. The van der Waals surface area contributed by atoms with Crippen LogP contribution in [0.15, 0.2) is 0 Å². The summed E-state index contributed by atoms with van der Waals surface area (Å²) in [6.45, 7) is 9.81. The first kappa shape index (κ1) is 15.3. The van der Waals surface area contributed by atoms with E-state index in [4.69, 9.17) is 0 Å². The van der Waals surface area contributed by atoms with Crippen LogP contribution in [0, 0.1) is 5.41 Å². The first-order valence-electron chi connectivity index (χ1n) is 7.46. The summed E-state index contributed by atoms with van der Waals surface area (Å²) in [7, 11) is -2.81. The normalized spacial score (nSPS) is 33.8. The van der Waals surface area contributed by atoms with Crippen LogP contribution in [0.1, 0.15) is 40.0 Å². The first-order chi connectivity index (χ1) is 8.78. The van der Waals surface area contributed by atoms with Gasteiger partial charge in [-0.25, -0.2) is 8.42 Å². The average molecular weight is 288 g/mol. The van der Waals surface area contributed by atoms with Crippen LogP contribution >= 0.6 is 0 Å². The first-order valence-corrected chi connectivity index (χ1v) is 9.28. The Labute approximate surface area is 117 Å². The largest absolute Gasteiger partial charge is 0.312 e. The molecule has 2 unspecified atom stereocenters. The minimum Gasteiger partial charge on any atom is -0.312 e. The number of nitrogens with one attached hydrogen (secondary N) is 1. The Morgan fingerprint density at radius 2 is 1.95 bits per heavy atom. The Bertz CT molecular complexity index is 400. The average Bonchev–Trinajstić information content (AvgIpc) is 2.52. The van der Waals surface area contributed by atoms with E-state index in [9.17, 15) is 8.42 Å². The molecule has 0 saturated carbocycles. The Morgan fingerprint density at radius 3 is 2.58 bits per heavy atom. The molecule has 0 spiro atoms. The monoisotopic (exact) mass is 288 g/mol. The molecule has 19 heavy (non-hydrogen) atoms. The molecule has 2 fully saturated rings. The highest BCUT2D eigenvalue weighted by molar-refractivity contribution is 7.91. The minimum absolute atomic E-state index is 0.218. The summed E-state index contributed by atoms with van der Waals surface area (Å²) in [5.41, 5.74) is 0.218. The molecule has 2 heterocycles. The van der Waals surface area contributed by atoms with E-state index in [0.717, 1.165) is 38.9 Å². The van der Waals surface area contributed by atoms with E-state index in [0.29, 0.717) is 17.5 Å². The highest BCUT2D eigenvalue weighted by atomic mass is 32.2. The van der Waals surface area contributed by atoms with Gasteiger partial charge in [-0.1, -0.05) is 20.8 Å². The topological polar surface area (TPSA) is 49.4 Å². The zero-order valence-corrected chi connectivity index (χ0v) is 13.3. The standard InChI is InChI=1S/C14H28N2O2S/c1-14(2,3)13-10-16(8-5-7-15-13)12-6-4-9-19(17,18)11-12/h12-13,15H,4-11H2,1-3H3. The minimum atomic E-state index is -2.81. The van der Waals surface area contributed by atoms with Crippen LogP contribution in [-0.4, -0.2) is 56.5 Å². The molecule has 112 valence electrons. The highest BCUT2D eigenvalue weighted by Crippen LogP contribution is 2.25. The van der Waals surface area contributed by atoms with Crippen LogP contribution in [-0.2, 0) is 9.84 Å². The van der Waals surface area contributed by atoms with Crippen molar-refractivity contribution >= 4 is 9.84 Å². The van der Waals surface area contributed by atoms with Gasteiger partial charge in [0.2, 0.25) is 0 Å². The fraction of sp³-hybridized carbons (Fsp3) is 1.00. The quantitative estimate of drug-likeness (QED) is 0.789. The van der Waals surface area contributed by atoms with Crippen molar-refractivity contribution < 1.29 is 8.42 Å². The molecule has 5 heteroatoms. The van der Waals surface area contributed by atoms with Gasteiger partial charge in [0.05, 0.1) is 11.5 Å². The predicted molar refractivity (Wildman–Crippen MR) is 79.1 cm³/mol. The van der Waals surface area contributed by atoms with E-state index in [1.54, 1.807) is 0 Å². The molecule has 2 atom stereocenters. The lowest BCUT2D eigenvalue weighted by Crippen LogP contribution is -2.51. The molecule has 2 rings (SSSR count). The van der Waals surface area contributed by atoms with Crippen LogP contribution in [0.4, 0.5) is 0 Å². The SMILES string of the molecule is CC(C)(C)C1CN(C2CCCS(=O)(=O)C2)CCCN1. The Balaban J connectivity index is 2.06. The summed E-state index contributed by atoms with van der Waals surface area (Å²) in [5, 5.41) is 3.62. The van der Waals surface area contributed by atoms with Crippen LogP contribution < -0.4 is 5.32 Å². The number of rotatable bonds is 1. The molecule has 2 saturated heterocycles. The Hall–Kier alpha value is -0.130. The Kier molecular flexibility index (Phi) is 4.58. The smallest absolute Gasteiger partial charge is 0.151 e. The number of hydrogen-bond donors (Lipinski definition) is 1. The second kappa shape index (κ2) is 5.70. The zero-order chi connectivity index (χ0) is 14.1. The molecule has 2 aliphatic heterocycles. The molecule has 0 aliphatic carbocycles. The van der Waals surface area contributed by atoms with Crippen LogP contribution in [0.3, 0.4) is 0 Å². The summed E-state index contributed by atoms with van der Waals surface area (Å²) in [6.07, 6.45) is 2.98. The maximum atomic E-state index is 11.8. The van der Waals surface area contributed by atoms with Crippen LogP contribution in [0.25, 0.3) is 0 Å². The molecule has 0 radical (unpaired) electrons. The van der Waals surface area contributed by atoms with Gasteiger partial charge in [0.25, 0.3) is 0 Å². The fourth-order valence-electron chi connectivity index (χ4n) is 3.15. The van der Waals surface area contributed by atoms with E-state index in [1.807, 2.05) is 0 Å². The van der Waals surface area contributed by atoms with Gasteiger partial charge in [-0.05, 0) is 37.8 Å². The molecule has 0 amide bonds. The van der Waals surface area contributed by atoms with Gasteiger partial charge in [0.1, 0.15) is 0 Å².